The number of hydrogen-bond acceptors (Lipinski definition) is 5. The topological polar surface area (TPSA) is 55.2 Å². The number of rotatable bonds is 4. The summed E-state index contributed by atoms with van der Waals surface area (Å²) in [6.07, 6.45) is 5.96. The molecule has 1 aliphatic carbocycles. The molecule has 1 aromatic carbocycles. The molecule has 6 nitrogen and oxygen atoms in total. The Balaban J connectivity index is 1.43. The first-order valence-corrected chi connectivity index (χ1v) is 9.82. The smallest absolute Gasteiger partial charge is 0.159 e. The van der Waals surface area contributed by atoms with Gasteiger partial charge in [0.05, 0.1) is 12.5 Å². The largest absolute Gasteiger partial charge is 0.455 e. The van der Waals surface area contributed by atoms with Gasteiger partial charge in [-0.15, -0.1) is 0 Å². The number of pyridine rings is 1. The summed E-state index contributed by atoms with van der Waals surface area (Å²) in [6.45, 7) is 4.44. The number of hydrogen-bond donors (Lipinski definition) is 1. The summed E-state index contributed by atoms with van der Waals surface area (Å²) >= 11 is 0. The average molecular weight is 381 g/mol. The second-order valence-electron chi connectivity index (χ2n) is 7.87. The summed E-state index contributed by atoms with van der Waals surface area (Å²) in [4.78, 5) is 11.0. The van der Waals surface area contributed by atoms with Crippen LogP contribution in [0, 0.1) is 18.7 Å². The minimum Gasteiger partial charge on any atom is -0.455 e. The van der Waals surface area contributed by atoms with Gasteiger partial charge in [-0.05, 0) is 31.7 Å². The highest BCUT2D eigenvalue weighted by molar-refractivity contribution is 5.72. The van der Waals surface area contributed by atoms with Gasteiger partial charge in [0.15, 0.2) is 5.65 Å². The maximum atomic E-state index is 14.7. The number of ether oxygens (including phenoxy) is 1. The highest BCUT2D eigenvalue weighted by atomic mass is 19.1. The summed E-state index contributed by atoms with van der Waals surface area (Å²) in [7, 11) is 1.90. The minimum atomic E-state index is -0.249. The van der Waals surface area contributed by atoms with Crippen LogP contribution in [0.4, 0.5) is 10.1 Å². The molecule has 1 atom stereocenters. The Bertz CT molecular complexity index is 1030. The van der Waals surface area contributed by atoms with Gasteiger partial charge in [-0.2, -0.15) is 0 Å². The van der Waals surface area contributed by atoms with E-state index < -0.39 is 0 Å². The Morgan fingerprint density at radius 3 is 2.89 bits per heavy atom. The molecule has 1 N–H and O–H groups in total. The van der Waals surface area contributed by atoms with Crippen LogP contribution in [0.25, 0.3) is 11.2 Å². The molecule has 3 heterocycles. The van der Waals surface area contributed by atoms with E-state index in [1.54, 1.807) is 25.5 Å². The molecule has 28 heavy (non-hydrogen) atoms. The molecular formula is C21H24FN5O. The molecule has 0 bridgehead atoms. The van der Waals surface area contributed by atoms with Gasteiger partial charge in [-0.3, -0.25) is 0 Å². The zero-order valence-corrected chi connectivity index (χ0v) is 16.2. The van der Waals surface area contributed by atoms with E-state index in [4.69, 9.17) is 4.74 Å². The maximum absolute atomic E-state index is 14.7. The van der Waals surface area contributed by atoms with E-state index >= 15 is 0 Å². The first kappa shape index (κ1) is 17.4. The Hall–Kier alpha value is -2.67. The lowest BCUT2D eigenvalue weighted by Gasteiger charge is -2.35. The van der Waals surface area contributed by atoms with Gasteiger partial charge >= 0.3 is 0 Å². The Morgan fingerprint density at radius 1 is 1.21 bits per heavy atom. The summed E-state index contributed by atoms with van der Waals surface area (Å²) in [5.74, 6) is 1.60. The molecule has 1 aliphatic heterocycles. The highest BCUT2D eigenvalue weighted by Crippen LogP contribution is 2.36. The summed E-state index contributed by atoms with van der Waals surface area (Å²) in [6, 6.07) is 5.90. The lowest BCUT2D eigenvalue weighted by atomic mass is 10.1. The van der Waals surface area contributed by atoms with Crippen LogP contribution < -0.4 is 15.0 Å². The Labute approximate surface area is 163 Å². The third-order valence-corrected chi connectivity index (χ3v) is 5.80. The third-order valence-electron chi connectivity index (χ3n) is 5.80. The molecule has 7 heteroatoms. The van der Waals surface area contributed by atoms with Crippen LogP contribution in [-0.4, -0.2) is 40.2 Å². The van der Waals surface area contributed by atoms with Crippen LogP contribution >= 0.6 is 0 Å². The predicted molar refractivity (Wildman–Crippen MR) is 106 cm³/mol. The van der Waals surface area contributed by atoms with E-state index in [1.807, 2.05) is 23.7 Å². The Kier molecular flexibility index (Phi) is 4.19. The predicted octanol–water partition coefficient (Wildman–Crippen LogP) is 3.40. The molecule has 2 aromatic heterocycles. The fourth-order valence-electron chi connectivity index (χ4n) is 3.94. The number of imidazole rings is 1. The van der Waals surface area contributed by atoms with Crippen LogP contribution in [-0.2, 0) is 7.05 Å². The standard InChI is InChI=1S/C21H24FN5O/c1-13-17(22)7-15(27-6-5-23-19(11-27)14-3-4-14)8-20(13)28-16-9-18-21(24-10-16)26(2)12-25-18/h7-10,12,14,19,23H,3-6,11H2,1-2H3/t19-/m0/s1. The number of aromatic nitrogens is 3. The van der Waals surface area contributed by atoms with Gasteiger partial charge in [-0.25, -0.2) is 14.4 Å². The SMILES string of the molecule is Cc1c(F)cc(N2CCN[C@H](C3CC3)C2)cc1Oc1cnc2c(c1)ncn2C. The third kappa shape index (κ3) is 3.20. The van der Waals surface area contributed by atoms with Crippen LogP contribution in [0.1, 0.15) is 18.4 Å². The van der Waals surface area contributed by atoms with Crippen LogP contribution in [0.3, 0.4) is 0 Å². The van der Waals surface area contributed by atoms with Crippen molar-refractivity contribution in [1.29, 1.82) is 0 Å². The van der Waals surface area contributed by atoms with Crippen LogP contribution in [0.2, 0.25) is 0 Å². The average Bonchev–Trinajstić information content (AvgIpc) is 3.49. The van der Waals surface area contributed by atoms with E-state index in [1.165, 1.54) is 12.8 Å². The van der Waals surface area contributed by atoms with E-state index in [0.717, 1.165) is 42.4 Å². The van der Waals surface area contributed by atoms with Crippen molar-refractivity contribution < 1.29 is 9.13 Å². The summed E-state index contributed by atoms with van der Waals surface area (Å²) in [5.41, 5.74) is 2.91. The molecule has 2 aliphatic rings. The van der Waals surface area contributed by atoms with Crippen molar-refractivity contribution in [2.24, 2.45) is 13.0 Å². The number of nitrogens with one attached hydrogen (secondary N) is 1. The normalized spacial score (nSPS) is 20.0. The molecule has 0 amide bonds. The lowest BCUT2D eigenvalue weighted by molar-refractivity contribution is 0.417. The summed E-state index contributed by atoms with van der Waals surface area (Å²) < 4.78 is 22.6. The molecule has 1 saturated heterocycles. The second-order valence-corrected chi connectivity index (χ2v) is 7.87. The van der Waals surface area contributed by atoms with E-state index in [2.05, 4.69) is 20.2 Å². The van der Waals surface area contributed by atoms with Crippen molar-refractivity contribution in [2.75, 3.05) is 24.5 Å². The maximum Gasteiger partial charge on any atom is 0.159 e. The first-order valence-electron chi connectivity index (χ1n) is 9.82. The van der Waals surface area contributed by atoms with Gasteiger partial charge in [0, 0.05) is 56.1 Å². The van der Waals surface area contributed by atoms with Crippen molar-refractivity contribution >= 4 is 16.9 Å². The van der Waals surface area contributed by atoms with Crippen molar-refractivity contribution in [3.8, 4) is 11.5 Å². The molecule has 0 spiro atoms. The fourth-order valence-corrected chi connectivity index (χ4v) is 3.94. The van der Waals surface area contributed by atoms with Crippen molar-refractivity contribution in [1.82, 2.24) is 19.9 Å². The number of benzene rings is 1. The summed E-state index contributed by atoms with van der Waals surface area (Å²) in [5, 5.41) is 3.60. The van der Waals surface area contributed by atoms with Crippen molar-refractivity contribution in [3.63, 3.8) is 0 Å². The molecular weight excluding hydrogens is 357 g/mol. The zero-order chi connectivity index (χ0) is 19.3. The number of nitrogens with zero attached hydrogens (tertiary/aromatic N) is 4. The number of aryl methyl sites for hydroxylation is 1. The molecule has 0 unspecified atom stereocenters. The zero-order valence-electron chi connectivity index (χ0n) is 16.2. The van der Waals surface area contributed by atoms with E-state index in [0.29, 0.717) is 23.1 Å². The molecule has 1 saturated carbocycles. The molecule has 5 rings (SSSR count). The van der Waals surface area contributed by atoms with Gasteiger partial charge in [0.1, 0.15) is 22.8 Å². The van der Waals surface area contributed by atoms with Crippen LogP contribution in [0.5, 0.6) is 11.5 Å². The second kappa shape index (κ2) is 6.74. The highest BCUT2D eigenvalue weighted by Gasteiger charge is 2.34. The lowest BCUT2D eigenvalue weighted by Crippen LogP contribution is -2.51. The number of halogens is 1. The van der Waals surface area contributed by atoms with Crippen LogP contribution in [0.15, 0.2) is 30.7 Å². The minimum absolute atomic E-state index is 0.249. The van der Waals surface area contributed by atoms with Crippen molar-refractivity contribution in [3.05, 3.63) is 42.1 Å². The Morgan fingerprint density at radius 2 is 2.07 bits per heavy atom. The van der Waals surface area contributed by atoms with Gasteiger partial charge < -0.3 is 19.5 Å². The van der Waals surface area contributed by atoms with Gasteiger partial charge in [0.25, 0.3) is 0 Å². The fraction of sp³-hybridized carbons (Fsp3) is 0.429. The molecule has 2 fully saturated rings. The quantitative estimate of drug-likeness (QED) is 0.751. The van der Waals surface area contributed by atoms with Gasteiger partial charge in [-0.1, -0.05) is 0 Å². The van der Waals surface area contributed by atoms with Gasteiger partial charge in [0.2, 0.25) is 0 Å². The molecule has 3 aromatic rings. The van der Waals surface area contributed by atoms with E-state index in [9.17, 15) is 4.39 Å². The van der Waals surface area contributed by atoms with Crippen molar-refractivity contribution in [2.45, 2.75) is 25.8 Å². The number of fused-ring (bicyclic) bond motifs is 1. The van der Waals surface area contributed by atoms with E-state index in [-0.39, 0.29) is 5.82 Å². The number of piperazine rings is 1. The number of anilines is 1. The molecule has 0 radical (unpaired) electrons. The molecule has 146 valence electrons. The first-order chi connectivity index (χ1) is 13.6. The monoisotopic (exact) mass is 381 g/mol.